The Kier molecular flexibility index (Phi) is 5.32. The number of amides is 1. The first-order chi connectivity index (χ1) is 15.2. The smallest absolute Gasteiger partial charge is 0.231 e. The summed E-state index contributed by atoms with van der Waals surface area (Å²) in [5, 5.41) is 4.16. The number of rotatable bonds is 5. The molecule has 1 unspecified atom stereocenters. The monoisotopic (exact) mass is 419 g/mol. The molecule has 3 heterocycles. The maximum atomic E-state index is 13.1. The largest absolute Gasteiger partial charge is 0.454 e. The fourth-order valence-corrected chi connectivity index (χ4v) is 4.36. The SMILES string of the molecule is CCC(C(=O)N1CCC(c2nc(-c3ccc4c(c3)OCO4)no2)CC1)c1ccccc1. The predicted octanol–water partition coefficient (Wildman–Crippen LogP) is 4.37. The van der Waals surface area contributed by atoms with Gasteiger partial charge >= 0.3 is 0 Å². The van der Waals surface area contributed by atoms with Gasteiger partial charge in [0.25, 0.3) is 0 Å². The fourth-order valence-electron chi connectivity index (χ4n) is 4.36. The first-order valence-electron chi connectivity index (χ1n) is 10.8. The topological polar surface area (TPSA) is 77.7 Å². The highest BCUT2D eigenvalue weighted by Gasteiger charge is 2.31. The zero-order chi connectivity index (χ0) is 21.2. The normalized spacial score (nSPS) is 17.0. The Morgan fingerprint density at radius 1 is 1.10 bits per heavy atom. The van der Waals surface area contributed by atoms with Crippen molar-refractivity contribution in [3.63, 3.8) is 0 Å². The molecule has 5 rings (SSSR count). The Balaban J connectivity index is 1.23. The summed E-state index contributed by atoms with van der Waals surface area (Å²) >= 11 is 0. The van der Waals surface area contributed by atoms with Crippen molar-refractivity contribution in [3.05, 3.63) is 60.0 Å². The lowest BCUT2D eigenvalue weighted by Crippen LogP contribution is -2.40. The third kappa shape index (κ3) is 3.87. The molecule has 0 saturated carbocycles. The Morgan fingerprint density at radius 2 is 1.87 bits per heavy atom. The van der Waals surface area contributed by atoms with Gasteiger partial charge < -0.3 is 18.9 Å². The number of hydrogen-bond donors (Lipinski definition) is 0. The maximum absolute atomic E-state index is 13.1. The number of nitrogens with zero attached hydrogens (tertiary/aromatic N) is 3. The number of carbonyl (C=O) groups excluding carboxylic acids is 1. The van der Waals surface area contributed by atoms with Crippen LogP contribution in [0.5, 0.6) is 11.5 Å². The molecule has 1 fully saturated rings. The van der Waals surface area contributed by atoms with Gasteiger partial charge in [0.05, 0.1) is 5.92 Å². The third-order valence-corrected chi connectivity index (χ3v) is 6.14. The minimum atomic E-state index is -0.0845. The number of aromatic nitrogens is 2. The Morgan fingerprint density at radius 3 is 2.65 bits per heavy atom. The second kappa shape index (κ2) is 8.41. The molecule has 1 amide bonds. The van der Waals surface area contributed by atoms with Crippen LogP contribution < -0.4 is 9.47 Å². The highest BCUT2D eigenvalue weighted by Crippen LogP contribution is 2.36. The van der Waals surface area contributed by atoms with Crippen molar-refractivity contribution in [1.82, 2.24) is 15.0 Å². The van der Waals surface area contributed by atoms with Crippen LogP contribution in [-0.4, -0.2) is 40.8 Å². The molecule has 1 atom stereocenters. The second-order valence-corrected chi connectivity index (χ2v) is 8.00. The summed E-state index contributed by atoms with van der Waals surface area (Å²) in [4.78, 5) is 19.7. The van der Waals surface area contributed by atoms with Gasteiger partial charge in [-0.25, -0.2) is 0 Å². The predicted molar refractivity (Wildman–Crippen MR) is 114 cm³/mol. The van der Waals surface area contributed by atoms with Gasteiger partial charge in [-0.15, -0.1) is 0 Å². The molecule has 7 heteroatoms. The molecule has 0 N–H and O–H groups in total. The van der Waals surface area contributed by atoms with E-state index in [1.807, 2.05) is 53.4 Å². The van der Waals surface area contributed by atoms with Crippen molar-refractivity contribution in [2.45, 2.75) is 38.0 Å². The first kappa shape index (κ1) is 19.6. The summed E-state index contributed by atoms with van der Waals surface area (Å²) in [6.07, 6.45) is 2.44. The number of likely N-dealkylation sites (tertiary alicyclic amines) is 1. The molecule has 7 nitrogen and oxygen atoms in total. The van der Waals surface area contributed by atoms with E-state index < -0.39 is 0 Å². The standard InChI is InChI=1S/C24H25N3O4/c1-2-19(16-6-4-3-5-7-16)24(28)27-12-10-17(11-13-27)23-25-22(26-31-23)18-8-9-20-21(14-18)30-15-29-20/h3-9,14,17,19H,2,10-13,15H2,1H3. The molecule has 2 aliphatic heterocycles. The highest BCUT2D eigenvalue weighted by atomic mass is 16.7. The minimum absolute atomic E-state index is 0.0845. The summed E-state index contributed by atoms with van der Waals surface area (Å²) in [7, 11) is 0. The molecule has 160 valence electrons. The molecule has 2 aliphatic rings. The molecule has 1 aromatic heterocycles. The van der Waals surface area contributed by atoms with Gasteiger partial charge in [-0.1, -0.05) is 42.4 Å². The van der Waals surface area contributed by atoms with Crippen molar-refractivity contribution in [3.8, 4) is 22.9 Å². The molecule has 2 aromatic carbocycles. The van der Waals surface area contributed by atoms with Crippen molar-refractivity contribution in [2.75, 3.05) is 19.9 Å². The van der Waals surface area contributed by atoms with Crippen LogP contribution in [0.25, 0.3) is 11.4 Å². The number of fused-ring (bicyclic) bond motifs is 1. The highest BCUT2D eigenvalue weighted by molar-refractivity contribution is 5.83. The van der Waals surface area contributed by atoms with E-state index in [2.05, 4.69) is 17.1 Å². The molecular formula is C24H25N3O4. The average molecular weight is 419 g/mol. The molecular weight excluding hydrogens is 394 g/mol. The van der Waals surface area contributed by atoms with Crippen molar-refractivity contribution < 1.29 is 18.8 Å². The average Bonchev–Trinajstić information content (AvgIpc) is 3.50. The van der Waals surface area contributed by atoms with E-state index in [0.29, 0.717) is 30.6 Å². The number of benzene rings is 2. The van der Waals surface area contributed by atoms with Crippen LogP contribution in [0.2, 0.25) is 0 Å². The molecule has 0 radical (unpaired) electrons. The van der Waals surface area contributed by atoms with E-state index in [0.717, 1.165) is 36.1 Å². The van der Waals surface area contributed by atoms with Gasteiger partial charge in [0.1, 0.15) is 0 Å². The number of ether oxygens (including phenoxy) is 2. The second-order valence-electron chi connectivity index (χ2n) is 8.00. The fraction of sp³-hybridized carbons (Fsp3) is 0.375. The van der Waals surface area contributed by atoms with Gasteiger partial charge in [-0.3, -0.25) is 4.79 Å². The van der Waals surface area contributed by atoms with Crippen LogP contribution in [-0.2, 0) is 4.79 Å². The van der Waals surface area contributed by atoms with Crippen LogP contribution in [0, 0.1) is 0 Å². The molecule has 31 heavy (non-hydrogen) atoms. The first-order valence-corrected chi connectivity index (χ1v) is 10.8. The molecule has 1 saturated heterocycles. The van der Waals surface area contributed by atoms with Crippen molar-refractivity contribution in [1.29, 1.82) is 0 Å². The van der Waals surface area contributed by atoms with Gasteiger partial charge in [0.15, 0.2) is 11.5 Å². The van der Waals surface area contributed by atoms with E-state index in [-0.39, 0.29) is 24.5 Å². The lowest BCUT2D eigenvalue weighted by molar-refractivity contribution is -0.134. The van der Waals surface area contributed by atoms with E-state index >= 15 is 0 Å². The molecule has 0 spiro atoms. The van der Waals surface area contributed by atoms with Gasteiger partial charge in [0.2, 0.25) is 24.4 Å². The summed E-state index contributed by atoms with van der Waals surface area (Å²) in [6, 6.07) is 15.7. The molecule has 0 bridgehead atoms. The van der Waals surface area contributed by atoms with E-state index in [9.17, 15) is 4.79 Å². The molecule has 3 aromatic rings. The molecule has 0 aliphatic carbocycles. The van der Waals surface area contributed by atoms with Crippen LogP contribution in [0.3, 0.4) is 0 Å². The van der Waals surface area contributed by atoms with E-state index in [1.54, 1.807) is 0 Å². The summed E-state index contributed by atoms with van der Waals surface area (Å²) in [6.45, 7) is 3.71. The minimum Gasteiger partial charge on any atom is -0.454 e. The Labute approximate surface area is 181 Å². The zero-order valence-corrected chi connectivity index (χ0v) is 17.5. The summed E-state index contributed by atoms with van der Waals surface area (Å²) in [5.41, 5.74) is 1.92. The zero-order valence-electron chi connectivity index (χ0n) is 17.5. The number of carbonyl (C=O) groups is 1. The van der Waals surface area contributed by atoms with E-state index in [1.165, 1.54) is 0 Å². The third-order valence-electron chi connectivity index (χ3n) is 6.14. The van der Waals surface area contributed by atoms with Crippen LogP contribution >= 0.6 is 0 Å². The van der Waals surface area contributed by atoms with Gasteiger partial charge in [0, 0.05) is 24.6 Å². The van der Waals surface area contributed by atoms with Gasteiger partial charge in [-0.2, -0.15) is 4.98 Å². The van der Waals surface area contributed by atoms with Crippen molar-refractivity contribution in [2.24, 2.45) is 0 Å². The van der Waals surface area contributed by atoms with Crippen LogP contribution in [0.15, 0.2) is 53.1 Å². The number of hydrogen-bond acceptors (Lipinski definition) is 6. The van der Waals surface area contributed by atoms with Gasteiger partial charge in [-0.05, 0) is 43.0 Å². The Hall–Kier alpha value is -3.35. The lowest BCUT2D eigenvalue weighted by Gasteiger charge is -2.33. The van der Waals surface area contributed by atoms with Crippen LogP contribution in [0.4, 0.5) is 0 Å². The van der Waals surface area contributed by atoms with Crippen molar-refractivity contribution >= 4 is 5.91 Å². The quantitative estimate of drug-likeness (QED) is 0.611. The lowest BCUT2D eigenvalue weighted by atomic mass is 9.92. The van der Waals surface area contributed by atoms with Crippen LogP contribution in [0.1, 0.15) is 49.5 Å². The summed E-state index contributed by atoms with van der Waals surface area (Å²) in [5.74, 6) is 2.88. The van der Waals surface area contributed by atoms with E-state index in [4.69, 9.17) is 14.0 Å². The number of piperidine rings is 1. The summed E-state index contributed by atoms with van der Waals surface area (Å²) < 4.78 is 16.4. The Bertz CT molecular complexity index is 1060. The maximum Gasteiger partial charge on any atom is 0.231 e.